The molecule has 1 amide bonds. The fraction of sp³-hybridized carbons (Fsp3) is 0.371. The van der Waals surface area contributed by atoms with E-state index in [9.17, 15) is 4.79 Å². The topological polar surface area (TPSA) is 44.6 Å². The molecular formula is C35H41N5O. The second-order valence-corrected chi connectivity index (χ2v) is 11.5. The lowest BCUT2D eigenvalue weighted by molar-refractivity contribution is 0.0781. The van der Waals surface area contributed by atoms with Crippen LogP contribution in [0.2, 0.25) is 0 Å². The van der Waals surface area contributed by atoms with E-state index in [-0.39, 0.29) is 11.3 Å². The van der Waals surface area contributed by atoms with Gasteiger partial charge < -0.3 is 19.3 Å². The highest BCUT2D eigenvalue weighted by atomic mass is 16.2. The van der Waals surface area contributed by atoms with Gasteiger partial charge in [0.05, 0.1) is 11.0 Å². The molecule has 0 saturated carbocycles. The Morgan fingerprint density at radius 2 is 1.63 bits per heavy atom. The number of carbonyl (C=O) groups is 1. The van der Waals surface area contributed by atoms with Crippen LogP contribution in [0.5, 0.6) is 0 Å². The molecule has 1 aromatic heterocycles. The number of nitrogens with zero attached hydrogens (tertiary/aromatic N) is 5. The molecule has 3 aromatic carbocycles. The zero-order chi connectivity index (χ0) is 28.1. The Bertz CT molecular complexity index is 1480. The third kappa shape index (κ3) is 5.80. The summed E-state index contributed by atoms with van der Waals surface area (Å²) in [4.78, 5) is 25.6. The molecule has 4 aromatic rings. The highest BCUT2D eigenvalue weighted by Crippen LogP contribution is 2.38. The average molecular weight is 548 g/mol. The number of imidazole rings is 1. The lowest BCUT2D eigenvalue weighted by atomic mass is 9.76. The summed E-state index contributed by atoms with van der Waals surface area (Å²) in [5.74, 6) is 1.23. The number of benzene rings is 3. The van der Waals surface area contributed by atoms with Crippen molar-refractivity contribution >= 4 is 22.9 Å². The van der Waals surface area contributed by atoms with Gasteiger partial charge in [-0.2, -0.15) is 0 Å². The van der Waals surface area contributed by atoms with Gasteiger partial charge in [-0.05, 0) is 69.1 Å². The number of rotatable bonds is 8. The number of hydrogen-bond donors (Lipinski definition) is 0. The maximum Gasteiger partial charge on any atom is 0.253 e. The fourth-order valence-corrected chi connectivity index (χ4v) is 6.65. The second-order valence-electron chi connectivity index (χ2n) is 11.5. The number of fused-ring (bicyclic) bond motifs is 1. The number of likely N-dealkylation sites (tertiary alicyclic amines) is 1. The van der Waals surface area contributed by atoms with Crippen molar-refractivity contribution in [3.8, 4) is 0 Å². The molecule has 2 saturated heterocycles. The Morgan fingerprint density at radius 3 is 2.44 bits per heavy atom. The highest BCUT2D eigenvalue weighted by molar-refractivity contribution is 5.94. The van der Waals surface area contributed by atoms with Gasteiger partial charge in [-0.3, -0.25) is 4.79 Å². The monoisotopic (exact) mass is 547 g/mol. The summed E-state index contributed by atoms with van der Waals surface area (Å²) in [6.45, 7) is 9.61. The van der Waals surface area contributed by atoms with Crippen molar-refractivity contribution in [2.24, 2.45) is 0 Å². The van der Waals surface area contributed by atoms with Crippen molar-refractivity contribution in [2.45, 2.75) is 38.1 Å². The summed E-state index contributed by atoms with van der Waals surface area (Å²) in [5, 5.41) is 0. The minimum Gasteiger partial charge on any atom is -0.341 e. The largest absolute Gasteiger partial charge is 0.341 e. The van der Waals surface area contributed by atoms with Crippen molar-refractivity contribution in [1.29, 1.82) is 0 Å². The van der Waals surface area contributed by atoms with Gasteiger partial charge in [0.15, 0.2) is 0 Å². The summed E-state index contributed by atoms with van der Waals surface area (Å²) in [6.07, 6.45) is 7.49. The molecule has 212 valence electrons. The molecule has 6 heteroatoms. The van der Waals surface area contributed by atoms with Crippen molar-refractivity contribution in [3.05, 3.63) is 108 Å². The number of hydrogen-bond acceptors (Lipinski definition) is 4. The molecule has 0 aliphatic carbocycles. The molecule has 3 heterocycles. The number of amides is 1. The molecule has 2 fully saturated rings. The molecule has 2 aliphatic heterocycles. The first-order valence-corrected chi connectivity index (χ1v) is 15.1. The van der Waals surface area contributed by atoms with Crippen molar-refractivity contribution < 1.29 is 4.79 Å². The van der Waals surface area contributed by atoms with Gasteiger partial charge in [-0.15, -0.1) is 0 Å². The lowest BCUT2D eigenvalue weighted by Gasteiger charge is -2.33. The van der Waals surface area contributed by atoms with E-state index in [1.54, 1.807) is 0 Å². The number of carbonyl (C=O) groups excluding carboxylic acids is 1. The van der Waals surface area contributed by atoms with Gasteiger partial charge in [0.1, 0.15) is 0 Å². The van der Waals surface area contributed by atoms with Crippen LogP contribution >= 0.6 is 0 Å². The smallest absolute Gasteiger partial charge is 0.253 e. The van der Waals surface area contributed by atoms with E-state index in [1.807, 2.05) is 30.3 Å². The average Bonchev–Trinajstić information content (AvgIpc) is 3.55. The third-order valence-electron chi connectivity index (χ3n) is 8.98. The fourth-order valence-electron chi connectivity index (χ4n) is 6.65. The molecule has 6 rings (SSSR count). The Labute approximate surface area is 243 Å². The predicted molar refractivity (Wildman–Crippen MR) is 168 cm³/mol. The predicted octanol–water partition coefficient (Wildman–Crippen LogP) is 6.00. The number of para-hydroxylation sites is 2. The molecule has 0 N–H and O–H groups in total. The van der Waals surface area contributed by atoms with E-state index < -0.39 is 0 Å². The van der Waals surface area contributed by atoms with Crippen LogP contribution in [-0.4, -0.2) is 71.1 Å². The number of anilines is 1. The van der Waals surface area contributed by atoms with E-state index in [4.69, 9.17) is 4.98 Å². The van der Waals surface area contributed by atoms with E-state index in [0.29, 0.717) is 0 Å². The number of allylic oxidation sites excluding steroid dienone is 2. The van der Waals surface area contributed by atoms with Gasteiger partial charge >= 0.3 is 0 Å². The van der Waals surface area contributed by atoms with Crippen LogP contribution in [0, 0.1) is 0 Å². The Morgan fingerprint density at radius 1 is 0.878 bits per heavy atom. The maximum absolute atomic E-state index is 13.3. The Balaban J connectivity index is 1.16. The van der Waals surface area contributed by atoms with Gasteiger partial charge in [0, 0.05) is 50.2 Å². The molecule has 1 atom stereocenters. The van der Waals surface area contributed by atoms with E-state index >= 15 is 0 Å². The summed E-state index contributed by atoms with van der Waals surface area (Å²) in [6, 6.07) is 29.1. The standard InChI is InChI=1S/C35H41N5O/c1-2-3-23-40-32-18-11-10-17-31(32)36-34(40)38-22-12-21-37(26-27-38)24-19-35(30-15-8-5-9-16-30)20-25-39(28-35)33(41)29-13-6-4-7-14-29/h2-11,13-18H,12,19-28H2,1H3. The first-order valence-electron chi connectivity index (χ1n) is 15.1. The van der Waals surface area contributed by atoms with Crippen LogP contribution in [0.25, 0.3) is 11.0 Å². The zero-order valence-corrected chi connectivity index (χ0v) is 24.2. The van der Waals surface area contributed by atoms with Gasteiger partial charge in [0.25, 0.3) is 5.91 Å². The van der Waals surface area contributed by atoms with Gasteiger partial charge in [-0.25, -0.2) is 4.98 Å². The van der Waals surface area contributed by atoms with Crippen LogP contribution < -0.4 is 4.90 Å². The SMILES string of the molecule is CC=CCn1c(N2CCCN(CCC3(c4ccccc4)CCN(C(=O)c4ccccc4)C3)CC2)nc2ccccc21. The Kier molecular flexibility index (Phi) is 8.19. The van der Waals surface area contributed by atoms with Crippen LogP contribution in [0.1, 0.15) is 42.1 Å². The van der Waals surface area contributed by atoms with E-state index in [1.165, 1.54) is 11.1 Å². The second kappa shape index (κ2) is 12.3. The highest BCUT2D eigenvalue weighted by Gasteiger charge is 2.41. The first-order chi connectivity index (χ1) is 20.2. The molecule has 1 unspecified atom stereocenters. The van der Waals surface area contributed by atoms with Crippen molar-refractivity contribution in [1.82, 2.24) is 19.4 Å². The maximum atomic E-state index is 13.3. The van der Waals surface area contributed by atoms with E-state index in [2.05, 4.69) is 92.9 Å². The third-order valence-corrected chi connectivity index (χ3v) is 8.98. The summed E-state index contributed by atoms with van der Waals surface area (Å²) in [5.41, 5.74) is 4.39. The summed E-state index contributed by atoms with van der Waals surface area (Å²) < 4.78 is 2.35. The summed E-state index contributed by atoms with van der Waals surface area (Å²) >= 11 is 0. The molecule has 0 bridgehead atoms. The molecular weight excluding hydrogens is 506 g/mol. The van der Waals surface area contributed by atoms with Crippen LogP contribution in [0.3, 0.4) is 0 Å². The lowest BCUT2D eigenvalue weighted by Crippen LogP contribution is -2.39. The van der Waals surface area contributed by atoms with E-state index in [0.717, 1.165) is 88.6 Å². The van der Waals surface area contributed by atoms with Gasteiger partial charge in [0.2, 0.25) is 5.95 Å². The molecule has 41 heavy (non-hydrogen) atoms. The molecule has 0 spiro atoms. The van der Waals surface area contributed by atoms with Crippen LogP contribution in [0.15, 0.2) is 97.1 Å². The molecule has 0 radical (unpaired) electrons. The minimum absolute atomic E-state index is 0.0157. The van der Waals surface area contributed by atoms with Crippen molar-refractivity contribution in [3.63, 3.8) is 0 Å². The van der Waals surface area contributed by atoms with Crippen LogP contribution in [-0.2, 0) is 12.0 Å². The van der Waals surface area contributed by atoms with Crippen LogP contribution in [0.4, 0.5) is 5.95 Å². The zero-order valence-electron chi connectivity index (χ0n) is 24.2. The minimum atomic E-state index is -0.0157. The van der Waals surface area contributed by atoms with Gasteiger partial charge in [-0.1, -0.05) is 72.8 Å². The number of aromatic nitrogens is 2. The van der Waals surface area contributed by atoms with Crippen molar-refractivity contribution in [2.75, 3.05) is 50.7 Å². The Hall–Kier alpha value is -3.90. The molecule has 6 nitrogen and oxygen atoms in total. The first kappa shape index (κ1) is 27.3. The normalized spacial score (nSPS) is 20.2. The summed E-state index contributed by atoms with van der Waals surface area (Å²) in [7, 11) is 0. The molecule has 2 aliphatic rings. The quantitative estimate of drug-likeness (QED) is 0.254.